The number of H-pyrrole nitrogens is 1. The molecule has 1 heterocycles. The number of hydrogen-bond acceptors (Lipinski definition) is 5. The third-order valence-corrected chi connectivity index (χ3v) is 8.26. The number of aliphatic carboxylic acids is 1. The molecule has 4 rings (SSSR count). The molecule has 0 saturated heterocycles. The number of halogens is 6. The lowest BCUT2D eigenvalue weighted by Crippen LogP contribution is -2.14. The second-order valence-electron chi connectivity index (χ2n) is 8.30. The van der Waals surface area contributed by atoms with E-state index in [-0.39, 0.29) is 32.5 Å². The summed E-state index contributed by atoms with van der Waals surface area (Å²) in [6, 6.07) is 10.0. The molecule has 39 heavy (non-hydrogen) atoms. The first kappa shape index (κ1) is 28.4. The van der Waals surface area contributed by atoms with Crippen molar-refractivity contribution in [3.8, 4) is 11.5 Å². The zero-order chi connectivity index (χ0) is 28.8. The van der Waals surface area contributed by atoms with Crippen molar-refractivity contribution >= 4 is 38.5 Å². The topological polar surface area (TPSA) is 96.5 Å². The maximum absolute atomic E-state index is 13.9. The molecule has 0 bridgehead atoms. The van der Waals surface area contributed by atoms with Gasteiger partial charge >= 0.3 is 18.3 Å². The van der Waals surface area contributed by atoms with Crippen LogP contribution < -0.4 is 4.74 Å². The lowest BCUT2D eigenvalue weighted by Gasteiger charge is -2.20. The van der Waals surface area contributed by atoms with Crippen molar-refractivity contribution in [1.29, 1.82) is 0 Å². The lowest BCUT2D eigenvalue weighted by molar-refractivity contribution is -0.145. The normalized spacial score (nSPS) is 12.6. The predicted octanol–water partition coefficient (Wildman–Crippen LogP) is 7.32. The fraction of sp³-hybridized carbons (Fsp3) is 0.160. The van der Waals surface area contributed by atoms with Crippen molar-refractivity contribution in [3.63, 3.8) is 0 Å². The van der Waals surface area contributed by atoms with Crippen molar-refractivity contribution in [2.45, 2.75) is 34.0 Å². The molecule has 2 N–H and O–H groups in total. The van der Waals surface area contributed by atoms with Crippen LogP contribution in [0.25, 0.3) is 10.9 Å². The molecular formula is C25H17F6NO5S2. The number of hydrogen-bond donors (Lipinski definition) is 2. The number of nitrogens with one attached hydrogen (secondary N) is 1. The summed E-state index contributed by atoms with van der Waals surface area (Å²) >= 11 is 0.285. The summed E-state index contributed by atoms with van der Waals surface area (Å²) < 4.78 is 115. The number of thioether (sulfide) groups is 1. The van der Waals surface area contributed by atoms with Crippen LogP contribution in [0.2, 0.25) is 0 Å². The summed E-state index contributed by atoms with van der Waals surface area (Å²) in [7, 11) is -4.11. The second-order valence-corrected chi connectivity index (χ2v) is 11.3. The number of alkyl halides is 6. The molecule has 0 aliphatic heterocycles. The number of sulfone groups is 1. The summed E-state index contributed by atoms with van der Waals surface area (Å²) in [5.74, 6) is -4.23. The Bertz CT molecular complexity index is 1620. The molecule has 0 amide bonds. The quantitative estimate of drug-likeness (QED) is 0.173. The first-order valence-electron chi connectivity index (χ1n) is 10.8. The zero-order valence-corrected chi connectivity index (χ0v) is 21.3. The van der Waals surface area contributed by atoms with Gasteiger partial charge in [-0.15, -0.1) is 11.8 Å². The van der Waals surface area contributed by atoms with Crippen LogP contribution in [-0.2, 0) is 27.0 Å². The van der Waals surface area contributed by atoms with E-state index in [0.29, 0.717) is 12.1 Å². The van der Waals surface area contributed by atoms with Gasteiger partial charge < -0.3 is 14.8 Å². The smallest absolute Gasteiger partial charge is 0.420 e. The van der Waals surface area contributed by atoms with E-state index in [4.69, 9.17) is 9.84 Å². The Kier molecular flexibility index (Phi) is 7.38. The van der Waals surface area contributed by atoms with Gasteiger partial charge in [-0.3, -0.25) is 4.79 Å². The van der Waals surface area contributed by atoms with Gasteiger partial charge in [-0.05, 0) is 49.4 Å². The van der Waals surface area contributed by atoms with Crippen molar-refractivity contribution in [2.75, 3.05) is 5.75 Å². The Morgan fingerprint density at radius 3 is 2.08 bits per heavy atom. The maximum atomic E-state index is 13.9. The molecule has 3 aromatic carbocycles. The van der Waals surface area contributed by atoms with Crippen LogP contribution in [0.3, 0.4) is 0 Å². The number of benzene rings is 3. The molecule has 206 valence electrons. The SMILES string of the molecule is Cc1ccc(S(=O)(=O)c2c[nH]c3ccc(Oc4c(C(F)(F)F)cc(SCC(=O)O)cc4C(F)(F)F)cc23)cc1. The van der Waals surface area contributed by atoms with Crippen molar-refractivity contribution < 1.29 is 49.4 Å². The van der Waals surface area contributed by atoms with Gasteiger partial charge in [-0.2, -0.15) is 26.3 Å². The highest BCUT2D eigenvalue weighted by molar-refractivity contribution is 8.00. The summed E-state index contributed by atoms with van der Waals surface area (Å²) in [5, 5.41) is 8.77. The zero-order valence-electron chi connectivity index (χ0n) is 19.6. The summed E-state index contributed by atoms with van der Waals surface area (Å²) in [6.07, 6.45) is -9.43. The number of carboxylic acids is 1. The number of fused-ring (bicyclic) bond motifs is 1. The molecule has 0 aliphatic carbocycles. The molecule has 14 heteroatoms. The standard InChI is InChI=1S/C25H17F6NO5S2/c1-13-2-5-16(6-3-13)39(35,36)21-11-32-20-7-4-14(8-17(20)21)37-23-18(24(26,27)28)9-15(38-12-22(33)34)10-19(23)25(29,30)31/h2-11,32H,12H2,1H3,(H,33,34). The maximum Gasteiger partial charge on any atom is 0.420 e. The summed E-state index contributed by atoms with van der Waals surface area (Å²) in [6.45, 7) is 1.76. The first-order valence-corrected chi connectivity index (χ1v) is 13.3. The van der Waals surface area contributed by atoms with Crippen LogP contribution in [0, 0.1) is 6.92 Å². The van der Waals surface area contributed by atoms with Crippen LogP contribution in [-0.4, -0.2) is 30.2 Å². The minimum Gasteiger partial charge on any atom is -0.481 e. The Morgan fingerprint density at radius 2 is 1.54 bits per heavy atom. The van der Waals surface area contributed by atoms with Gasteiger partial charge in [0.15, 0.2) is 5.75 Å². The molecule has 6 nitrogen and oxygen atoms in total. The Labute approximate surface area is 221 Å². The second kappa shape index (κ2) is 10.2. The van der Waals surface area contributed by atoms with Crippen molar-refractivity contribution in [3.05, 3.63) is 77.5 Å². The van der Waals surface area contributed by atoms with Gasteiger partial charge in [0.1, 0.15) is 5.75 Å². The Morgan fingerprint density at radius 1 is 0.949 bits per heavy atom. The van der Waals surface area contributed by atoms with Gasteiger partial charge in [-0.25, -0.2) is 8.42 Å². The highest BCUT2D eigenvalue weighted by atomic mass is 32.2. The third-order valence-electron chi connectivity index (χ3n) is 5.49. The van der Waals surface area contributed by atoms with Gasteiger partial charge in [0, 0.05) is 22.0 Å². The monoisotopic (exact) mass is 589 g/mol. The van der Waals surface area contributed by atoms with Gasteiger partial charge in [0.25, 0.3) is 0 Å². The highest BCUT2D eigenvalue weighted by Gasteiger charge is 2.43. The molecule has 0 atom stereocenters. The first-order chi connectivity index (χ1) is 18.1. The number of carbonyl (C=O) groups is 1. The number of ether oxygens (including phenoxy) is 1. The lowest BCUT2D eigenvalue weighted by atomic mass is 10.1. The molecule has 0 radical (unpaired) electrons. The minimum absolute atomic E-state index is 0.0103. The van der Waals surface area contributed by atoms with Crippen LogP contribution in [0.1, 0.15) is 16.7 Å². The molecule has 0 spiro atoms. The average Bonchev–Trinajstić information content (AvgIpc) is 3.26. The highest BCUT2D eigenvalue weighted by Crippen LogP contribution is 2.48. The minimum atomic E-state index is -5.30. The fourth-order valence-electron chi connectivity index (χ4n) is 3.68. The predicted molar refractivity (Wildman–Crippen MR) is 130 cm³/mol. The molecule has 1 aromatic heterocycles. The molecule has 0 unspecified atom stereocenters. The van der Waals surface area contributed by atoms with Crippen LogP contribution in [0.4, 0.5) is 26.3 Å². The summed E-state index contributed by atoms with van der Waals surface area (Å²) in [5.41, 5.74) is -2.49. The van der Waals surface area contributed by atoms with Gasteiger partial charge in [-0.1, -0.05) is 17.7 Å². The Balaban J connectivity index is 1.84. The van der Waals surface area contributed by atoms with Crippen LogP contribution in [0.5, 0.6) is 11.5 Å². The van der Waals surface area contributed by atoms with Gasteiger partial charge in [0.2, 0.25) is 9.84 Å². The van der Waals surface area contributed by atoms with Crippen molar-refractivity contribution in [1.82, 2.24) is 4.98 Å². The van der Waals surface area contributed by atoms with E-state index in [2.05, 4.69) is 4.98 Å². The van der Waals surface area contributed by atoms with E-state index < -0.39 is 61.4 Å². The largest absolute Gasteiger partial charge is 0.481 e. The van der Waals surface area contributed by atoms with E-state index in [1.54, 1.807) is 19.1 Å². The molecule has 0 saturated carbocycles. The van der Waals surface area contributed by atoms with E-state index in [1.165, 1.54) is 24.4 Å². The number of carboxylic acid groups (broad SMARTS) is 1. The molecular weight excluding hydrogens is 572 g/mol. The molecule has 4 aromatic rings. The number of rotatable bonds is 7. The van der Waals surface area contributed by atoms with Gasteiger partial charge in [0.05, 0.1) is 26.7 Å². The van der Waals surface area contributed by atoms with E-state index >= 15 is 0 Å². The molecule has 0 aliphatic rings. The van der Waals surface area contributed by atoms with Crippen molar-refractivity contribution in [2.24, 2.45) is 0 Å². The molecule has 0 fully saturated rings. The Hall–Kier alpha value is -3.65. The number of aromatic nitrogens is 1. The van der Waals surface area contributed by atoms with E-state index in [1.807, 2.05) is 0 Å². The summed E-state index contributed by atoms with van der Waals surface area (Å²) in [4.78, 5) is 12.6. The third kappa shape index (κ3) is 6.01. The van der Waals surface area contributed by atoms with E-state index in [9.17, 15) is 39.6 Å². The van der Waals surface area contributed by atoms with Crippen LogP contribution >= 0.6 is 11.8 Å². The van der Waals surface area contributed by atoms with E-state index in [0.717, 1.165) is 17.7 Å². The van der Waals surface area contributed by atoms with Crippen LogP contribution in [0.15, 0.2) is 75.5 Å². The fourth-order valence-corrected chi connectivity index (χ4v) is 5.80. The number of aryl methyl sites for hydroxylation is 1. The number of aromatic amines is 1. The average molecular weight is 590 g/mol.